The molecule has 14 heteroatoms. The fourth-order valence-corrected chi connectivity index (χ4v) is 18.2. The summed E-state index contributed by atoms with van der Waals surface area (Å²) in [5, 5.41) is 53.0. The summed E-state index contributed by atoms with van der Waals surface area (Å²) in [5.41, 5.74) is 7.62. The monoisotopic (exact) mass is 1240 g/mol. The molecule has 0 amide bonds. The second-order valence-electron chi connectivity index (χ2n) is 28.2. The molecule has 6 aromatic rings. The van der Waals surface area contributed by atoms with Crippen molar-refractivity contribution in [3.63, 3.8) is 0 Å². The molecule has 6 bridgehead atoms. The molecule has 2 aliphatic heterocycles. The van der Waals surface area contributed by atoms with E-state index in [2.05, 4.69) is 106 Å². The summed E-state index contributed by atoms with van der Waals surface area (Å²) < 4.78 is 20.9. The Morgan fingerprint density at radius 2 is 1.66 bits per heavy atom. The molecular formula is C78H86N4O10. The second-order valence-corrected chi connectivity index (χ2v) is 28.2. The number of nitrogens with one attached hydrogen (secondary N) is 2. The molecule has 3 saturated carbocycles. The van der Waals surface area contributed by atoms with Crippen molar-refractivity contribution in [1.29, 1.82) is 0 Å². The number of phenolic OH excluding ortho intramolecular Hbond substituents is 3. The van der Waals surface area contributed by atoms with Crippen LogP contribution in [0.25, 0.3) is 10.8 Å². The van der Waals surface area contributed by atoms with Gasteiger partial charge in [-0.25, -0.2) is 0 Å². The Morgan fingerprint density at radius 3 is 2.46 bits per heavy atom. The maximum Gasteiger partial charge on any atom is 0.302 e. The number of benzene rings is 4. The van der Waals surface area contributed by atoms with Crippen LogP contribution >= 0.6 is 0 Å². The number of hydrogen-bond donors (Lipinski definition) is 6. The van der Waals surface area contributed by atoms with Crippen LogP contribution in [-0.4, -0.2) is 73.8 Å². The van der Waals surface area contributed by atoms with Gasteiger partial charge in [-0.05, 0) is 164 Å². The molecule has 8 aliphatic rings. The van der Waals surface area contributed by atoms with Crippen LogP contribution in [0, 0.1) is 39.9 Å². The van der Waals surface area contributed by atoms with E-state index in [-0.39, 0.29) is 88.0 Å². The number of dihydropyridines is 1. The fraction of sp³-hybridized carbons (Fsp3) is 0.449. The van der Waals surface area contributed by atoms with Crippen molar-refractivity contribution in [2.45, 2.75) is 172 Å². The van der Waals surface area contributed by atoms with Gasteiger partial charge >= 0.3 is 5.97 Å². The third kappa shape index (κ3) is 11.4. The molecule has 8 unspecified atom stereocenters. The van der Waals surface area contributed by atoms with Crippen molar-refractivity contribution in [2.24, 2.45) is 28.1 Å². The van der Waals surface area contributed by atoms with E-state index >= 15 is 4.79 Å². The van der Waals surface area contributed by atoms with Gasteiger partial charge in [0.25, 0.3) is 0 Å². The van der Waals surface area contributed by atoms with E-state index in [0.717, 1.165) is 120 Å². The number of aromatic hydroxyl groups is 3. The van der Waals surface area contributed by atoms with Crippen LogP contribution in [0.3, 0.4) is 0 Å². The number of aromatic nitrogens is 2. The summed E-state index contributed by atoms with van der Waals surface area (Å²) >= 11 is 0. The molecule has 3 fully saturated rings. The average Bonchev–Trinajstić information content (AvgIpc) is 1.52. The minimum atomic E-state index is -0.784. The maximum absolute atomic E-state index is 15.8. The zero-order valence-electron chi connectivity index (χ0n) is 53.3. The first-order valence-electron chi connectivity index (χ1n) is 33.8. The number of aliphatic hydroxyl groups is 1. The summed E-state index contributed by atoms with van der Waals surface area (Å²) in [4.78, 5) is 49.7. The zero-order chi connectivity index (χ0) is 63.5. The minimum absolute atomic E-state index is 0.0122. The summed E-state index contributed by atoms with van der Waals surface area (Å²) in [7, 11) is 1.51. The quantitative estimate of drug-likeness (QED) is 0.0562. The van der Waals surface area contributed by atoms with Crippen molar-refractivity contribution in [3.8, 4) is 46.3 Å². The first-order valence-corrected chi connectivity index (χ1v) is 33.8. The summed E-state index contributed by atoms with van der Waals surface area (Å²) in [6.45, 7) is 4.47. The van der Waals surface area contributed by atoms with Crippen molar-refractivity contribution >= 4 is 34.0 Å². The van der Waals surface area contributed by atoms with Crippen molar-refractivity contribution < 1.29 is 49.0 Å². The number of allylic oxidation sites excluding steroid dienone is 6. The number of methoxy groups -OCH3 is 1. The summed E-state index contributed by atoms with van der Waals surface area (Å²) in [6.07, 6.45) is 30.9. The Hall–Kier alpha value is -8.41. The van der Waals surface area contributed by atoms with E-state index in [1.165, 1.54) is 44.6 Å². The molecule has 6 N–H and O–H groups in total. The van der Waals surface area contributed by atoms with Gasteiger partial charge in [-0.3, -0.25) is 14.4 Å². The molecule has 4 aromatic carbocycles. The molecular weight excluding hydrogens is 1150 g/mol. The molecule has 0 radical (unpaired) electrons. The Bertz CT molecular complexity index is 4060. The predicted octanol–water partition coefficient (Wildman–Crippen LogP) is 15.2. The Labute approximate surface area is 539 Å². The van der Waals surface area contributed by atoms with E-state index in [1.54, 1.807) is 24.3 Å². The number of nitrogens with zero attached hydrogens (tertiary/aromatic N) is 2. The van der Waals surface area contributed by atoms with Gasteiger partial charge in [-0.15, -0.1) is 0 Å². The maximum atomic E-state index is 15.8. The Kier molecular flexibility index (Phi) is 16.5. The topological polar surface area (TPSA) is 196 Å². The standard InChI is InChI=1S/C78H86N4O10/c1-48-13-9-17-55-18-11-22-61-63-45-79-44-54(63)42-78(48,55)30-25-60(91-49(2)83)40-58(86)41-66(53-36-69(88)74(70(37-53)90-3)92-59-21-12-20-57(85)39-59)82-46-64-65(24-23-62-73(64)67(82)43-77(75(62)89)32-31-76(47-77)28-7-8-29-76)81(34-27-68(87)50-14-5-4-6-15-50)71-38-52(26-33-80-71)72(61)51-16-10-19-56(84)35-51/h9-10,12-13,16-17,19-21,23-24,26,35-39,44-46,48,50,60-61,66,72,75,79-80,84-85,88-89H,4-8,14-15,18,25,27-34,40-43,47H2,1-3H3. The number of aliphatic hydroxyl groups excluding tert-OH is 1. The van der Waals surface area contributed by atoms with Crippen LogP contribution in [0.4, 0.5) is 5.69 Å². The van der Waals surface area contributed by atoms with Crippen LogP contribution in [-0.2, 0) is 32.0 Å². The molecule has 14 rings (SSSR count). The number of phenols is 3. The van der Waals surface area contributed by atoms with E-state index in [9.17, 15) is 30.0 Å². The van der Waals surface area contributed by atoms with Gasteiger partial charge in [0.2, 0.25) is 5.75 Å². The number of carbonyl (C=O) groups is 3. The second kappa shape index (κ2) is 24.9. The van der Waals surface area contributed by atoms with Crippen molar-refractivity contribution in [2.75, 3.05) is 25.1 Å². The summed E-state index contributed by atoms with van der Waals surface area (Å²) in [6, 6.07) is 20.8. The number of anilines is 1. The van der Waals surface area contributed by atoms with E-state index < -0.39 is 35.0 Å². The molecule has 3 spiro atoms. The number of hydrogen-bond acceptors (Lipinski definition) is 12. The number of aromatic amines is 1. The van der Waals surface area contributed by atoms with E-state index in [4.69, 9.17) is 14.2 Å². The molecule has 4 heterocycles. The Balaban J connectivity index is 1.00. The first-order chi connectivity index (χ1) is 44.6. The molecule has 92 heavy (non-hydrogen) atoms. The van der Waals surface area contributed by atoms with Gasteiger partial charge in [0, 0.05) is 109 Å². The smallest absolute Gasteiger partial charge is 0.302 e. The lowest BCUT2D eigenvalue weighted by molar-refractivity contribution is -0.148. The van der Waals surface area contributed by atoms with Gasteiger partial charge in [0.15, 0.2) is 11.5 Å². The van der Waals surface area contributed by atoms with Crippen LogP contribution in [0.15, 0.2) is 139 Å². The summed E-state index contributed by atoms with van der Waals surface area (Å²) in [5.74, 6) is 7.72. The number of Topliss-reactive ketones (excluding diaryl/α,β-unsaturated/α-hetero) is 2. The number of ketones is 2. The first kappa shape index (κ1) is 61.1. The molecule has 478 valence electrons. The Morgan fingerprint density at radius 1 is 0.848 bits per heavy atom. The SMILES string of the molecule is COc1cc(C2CC(=O)CC(OC(C)=O)CCC34Cc5c[nH]cc5C(C#CCC3=CC=CC4C)C(c3cccc(O)c3)C3=CCNC(=C3)N(CCC(=O)C3CCCCC3)c3ccc4c5c(n2cc35)CC2(CCC3(CCCC3)C2)C4O)cc(O)c1Oc1cccc(O)c1. The number of rotatable bonds is 10. The molecule has 8 atom stereocenters. The average molecular weight is 1240 g/mol. The number of carbonyl (C=O) groups excluding carboxylic acids is 3. The lowest BCUT2D eigenvalue weighted by Gasteiger charge is -2.43. The van der Waals surface area contributed by atoms with E-state index in [1.807, 2.05) is 18.2 Å². The fourth-order valence-electron chi connectivity index (χ4n) is 18.2. The van der Waals surface area contributed by atoms with Gasteiger partial charge < -0.3 is 54.4 Å². The third-order valence-corrected chi connectivity index (χ3v) is 22.7. The van der Waals surface area contributed by atoms with Crippen LogP contribution in [0.5, 0.6) is 34.5 Å². The van der Waals surface area contributed by atoms with Gasteiger partial charge in [0.05, 0.1) is 30.9 Å². The highest BCUT2D eigenvalue weighted by Gasteiger charge is 2.55. The number of H-pyrrole nitrogens is 1. The van der Waals surface area contributed by atoms with Crippen LogP contribution in [0.1, 0.15) is 187 Å². The van der Waals surface area contributed by atoms with Gasteiger partial charge in [-0.1, -0.05) is 105 Å². The molecule has 14 nitrogen and oxygen atoms in total. The third-order valence-electron chi connectivity index (χ3n) is 22.7. The largest absolute Gasteiger partial charge is 0.508 e. The van der Waals surface area contributed by atoms with Gasteiger partial charge in [0.1, 0.15) is 40.7 Å². The van der Waals surface area contributed by atoms with Crippen molar-refractivity contribution in [3.05, 3.63) is 172 Å². The lowest BCUT2D eigenvalue weighted by atomic mass is 9.61. The predicted molar refractivity (Wildman–Crippen MR) is 355 cm³/mol. The van der Waals surface area contributed by atoms with Gasteiger partial charge in [-0.2, -0.15) is 0 Å². The molecule has 0 saturated heterocycles. The number of esters is 1. The zero-order valence-corrected chi connectivity index (χ0v) is 53.3. The van der Waals surface area contributed by atoms with Crippen LogP contribution < -0.4 is 19.7 Å². The highest BCUT2D eigenvalue weighted by Crippen LogP contribution is 2.65. The number of ether oxygens (including phenoxy) is 3. The van der Waals surface area contributed by atoms with E-state index in [0.29, 0.717) is 57.2 Å². The lowest BCUT2D eigenvalue weighted by Crippen LogP contribution is -2.37. The minimum Gasteiger partial charge on any atom is -0.508 e. The molecule has 2 aromatic heterocycles. The molecule has 6 aliphatic carbocycles. The van der Waals surface area contributed by atoms with Crippen molar-refractivity contribution in [1.82, 2.24) is 14.9 Å². The number of fused-ring (bicyclic) bond motifs is 3. The normalized spacial score (nSPS) is 26.9. The highest BCUT2D eigenvalue weighted by atomic mass is 16.5. The highest BCUT2D eigenvalue weighted by molar-refractivity contribution is 6.00. The van der Waals surface area contributed by atoms with Crippen LogP contribution in [0.2, 0.25) is 0 Å².